The van der Waals surface area contributed by atoms with Crippen molar-refractivity contribution in [1.29, 1.82) is 5.26 Å². The summed E-state index contributed by atoms with van der Waals surface area (Å²) in [5.74, 6) is 0. The zero-order chi connectivity index (χ0) is 12.6. The third kappa shape index (κ3) is 1.71. The van der Waals surface area contributed by atoms with Crippen molar-refractivity contribution in [3.63, 3.8) is 0 Å². The molecule has 0 amide bonds. The molecule has 0 heterocycles. The van der Waals surface area contributed by atoms with Crippen molar-refractivity contribution in [3.05, 3.63) is 50.5 Å². The van der Waals surface area contributed by atoms with E-state index in [1.54, 1.807) is 19.1 Å². The predicted octanol–water partition coefficient (Wildman–Crippen LogP) is 3.58. The first kappa shape index (κ1) is 11.4. The Morgan fingerprint density at radius 1 is 1.29 bits per heavy atom. The number of halogens is 1. The minimum atomic E-state index is -0.501. The molecule has 2 aromatic rings. The van der Waals surface area contributed by atoms with Crippen LogP contribution in [-0.2, 0) is 0 Å². The number of aryl methyl sites for hydroxylation is 1. The van der Waals surface area contributed by atoms with E-state index in [1.165, 1.54) is 12.1 Å². The van der Waals surface area contributed by atoms with Gasteiger partial charge in [-0.25, -0.2) is 0 Å². The van der Waals surface area contributed by atoms with E-state index < -0.39 is 4.92 Å². The summed E-state index contributed by atoms with van der Waals surface area (Å²) in [6, 6.07) is 8.07. The van der Waals surface area contributed by atoms with Crippen LogP contribution in [-0.4, -0.2) is 4.92 Å². The molecule has 0 aliphatic rings. The Bertz CT molecular complexity index is 666. The van der Waals surface area contributed by atoms with Gasteiger partial charge in [0, 0.05) is 16.5 Å². The van der Waals surface area contributed by atoms with Crippen molar-refractivity contribution in [1.82, 2.24) is 0 Å². The van der Waals surface area contributed by atoms with Gasteiger partial charge in [-0.1, -0.05) is 17.7 Å². The van der Waals surface area contributed by atoms with Gasteiger partial charge >= 0.3 is 0 Å². The Kier molecular flexibility index (Phi) is 2.70. The molecule has 84 valence electrons. The maximum atomic E-state index is 11.0. The highest BCUT2D eigenvalue weighted by Crippen LogP contribution is 2.35. The highest BCUT2D eigenvalue weighted by atomic mass is 35.5. The second kappa shape index (κ2) is 4.04. The first-order valence-corrected chi connectivity index (χ1v) is 5.20. The highest BCUT2D eigenvalue weighted by molar-refractivity contribution is 6.36. The van der Waals surface area contributed by atoms with Gasteiger partial charge in [0.05, 0.1) is 15.9 Å². The van der Waals surface area contributed by atoms with Crippen LogP contribution in [0.25, 0.3) is 10.8 Å². The fourth-order valence-corrected chi connectivity index (χ4v) is 2.15. The minimum Gasteiger partial charge on any atom is -0.258 e. The molecule has 5 heteroatoms. The zero-order valence-electron chi connectivity index (χ0n) is 8.90. The van der Waals surface area contributed by atoms with E-state index in [2.05, 4.69) is 0 Å². The van der Waals surface area contributed by atoms with Gasteiger partial charge in [0.1, 0.15) is 6.07 Å². The summed E-state index contributed by atoms with van der Waals surface area (Å²) in [5, 5.41) is 21.3. The Balaban J connectivity index is 3.08. The van der Waals surface area contributed by atoms with E-state index in [9.17, 15) is 10.1 Å². The van der Waals surface area contributed by atoms with Gasteiger partial charge in [0.15, 0.2) is 0 Å². The molecule has 2 rings (SSSR count). The van der Waals surface area contributed by atoms with E-state index in [1.807, 2.05) is 6.07 Å². The number of nitro groups is 1. The molecule has 0 unspecified atom stereocenters. The van der Waals surface area contributed by atoms with Crippen LogP contribution in [0.2, 0.25) is 5.02 Å². The van der Waals surface area contributed by atoms with Crippen molar-refractivity contribution in [2.45, 2.75) is 6.92 Å². The zero-order valence-corrected chi connectivity index (χ0v) is 9.65. The van der Waals surface area contributed by atoms with Crippen molar-refractivity contribution >= 4 is 28.1 Å². The van der Waals surface area contributed by atoms with Gasteiger partial charge in [-0.15, -0.1) is 0 Å². The lowest BCUT2D eigenvalue weighted by Gasteiger charge is -2.06. The molecule has 0 saturated heterocycles. The normalized spacial score (nSPS) is 10.2. The summed E-state index contributed by atoms with van der Waals surface area (Å²) in [6.07, 6.45) is 0. The lowest BCUT2D eigenvalue weighted by Crippen LogP contribution is -1.93. The van der Waals surface area contributed by atoms with Gasteiger partial charge in [-0.05, 0) is 24.6 Å². The SMILES string of the molecule is Cc1ccc(C#N)c2c([N+](=O)[O-])ccc(Cl)c12. The van der Waals surface area contributed by atoms with Gasteiger partial charge in [0.25, 0.3) is 5.69 Å². The predicted molar refractivity (Wildman–Crippen MR) is 65.1 cm³/mol. The number of hydrogen-bond donors (Lipinski definition) is 0. The summed E-state index contributed by atoms with van der Waals surface area (Å²) in [5.41, 5.74) is 0.983. The topological polar surface area (TPSA) is 66.9 Å². The lowest BCUT2D eigenvalue weighted by molar-refractivity contribution is -0.383. The molecule has 2 aromatic carbocycles. The van der Waals surface area contributed by atoms with Crippen LogP contribution < -0.4 is 0 Å². The van der Waals surface area contributed by atoms with Gasteiger partial charge in [0.2, 0.25) is 0 Å². The van der Waals surface area contributed by atoms with E-state index in [0.29, 0.717) is 15.8 Å². The minimum absolute atomic E-state index is 0.0929. The van der Waals surface area contributed by atoms with Crippen LogP contribution in [0.15, 0.2) is 24.3 Å². The second-order valence-corrected chi connectivity index (χ2v) is 4.02. The Hall–Kier alpha value is -2.12. The molecule has 0 aliphatic heterocycles. The largest absolute Gasteiger partial charge is 0.278 e. The summed E-state index contributed by atoms with van der Waals surface area (Å²) in [4.78, 5) is 10.5. The molecular formula is C12H7ClN2O2. The molecule has 0 saturated carbocycles. The van der Waals surface area contributed by atoms with E-state index in [4.69, 9.17) is 16.9 Å². The standard InChI is InChI=1S/C12H7ClN2O2/c1-7-2-3-8(6-14)12-10(15(16)17)5-4-9(13)11(7)12/h2-5H,1H3. The molecular weight excluding hydrogens is 240 g/mol. The van der Waals surface area contributed by atoms with E-state index in [-0.39, 0.29) is 11.3 Å². The van der Waals surface area contributed by atoms with Gasteiger partial charge < -0.3 is 0 Å². The van der Waals surface area contributed by atoms with Gasteiger partial charge in [-0.3, -0.25) is 10.1 Å². The molecule has 4 nitrogen and oxygen atoms in total. The average Bonchev–Trinajstić information content (AvgIpc) is 2.29. The number of rotatable bonds is 1. The van der Waals surface area contributed by atoms with Crippen molar-refractivity contribution in [2.75, 3.05) is 0 Å². The monoisotopic (exact) mass is 246 g/mol. The average molecular weight is 247 g/mol. The maximum Gasteiger partial charge on any atom is 0.278 e. The molecule has 0 N–H and O–H groups in total. The smallest absolute Gasteiger partial charge is 0.258 e. The number of fused-ring (bicyclic) bond motifs is 1. The number of hydrogen-bond acceptors (Lipinski definition) is 3. The first-order chi connectivity index (χ1) is 8.06. The second-order valence-electron chi connectivity index (χ2n) is 3.62. The van der Waals surface area contributed by atoms with Crippen LogP contribution in [0.1, 0.15) is 11.1 Å². The third-order valence-electron chi connectivity index (χ3n) is 2.61. The molecule has 0 aliphatic carbocycles. The number of non-ortho nitro benzene ring substituents is 1. The third-order valence-corrected chi connectivity index (χ3v) is 2.93. The van der Waals surface area contributed by atoms with Crippen molar-refractivity contribution in [3.8, 4) is 6.07 Å². The molecule has 0 spiro atoms. The first-order valence-electron chi connectivity index (χ1n) is 4.82. The van der Waals surface area contributed by atoms with Crippen LogP contribution in [0.5, 0.6) is 0 Å². The number of nitrogens with zero attached hydrogens (tertiary/aromatic N) is 2. The Labute approximate surface area is 102 Å². The van der Waals surface area contributed by atoms with Crippen LogP contribution >= 0.6 is 11.6 Å². The van der Waals surface area contributed by atoms with Gasteiger partial charge in [-0.2, -0.15) is 5.26 Å². The molecule has 0 aromatic heterocycles. The molecule has 0 fully saturated rings. The summed E-state index contributed by atoms with van der Waals surface area (Å²) >= 11 is 6.04. The molecule has 0 radical (unpaired) electrons. The Morgan fingerprint density at radius 3 is 2.59 bits per heavy atom. The fraction of sp³-hybridized carbons (Fsp3) is 0.0833. The summed E-state index contributed by atoms with van der Waals surface area (Å²) in [6.45, 7) is 1.80. The highest BCUT2D eigenvalue weighted by Gasteiger charge is 2.18. The maximum absolute atomic E-state index is 11.0. The van der Waals surface area contributed by atoms with E-state index in [0.717, 1.165) is 5.56 Å². The lowest BCUT2D eigenvalue weighted by atomic mass is 9.99. The molecule has 17 heavy (non-hydrogen) atoms. The summed E-state index contributed by atoms with van der Waals surface area (Å²) in [7, 11) is 0. The Morgan fingerprint density at radius 2 is 2.00 bits per heavy atom. The van der Waals surface area contributed by atoms with Crippen LogP contribution in [0.3, 0.4) is 0 Å². The van der Waals surface area contributed by atoms with Crippen molar-refractivity contribution in [2.24, 2.45) is 0 Å². The van der Waals surface area contributed by atoms with E-state index >= 15 is 0 Å². The quantitative estimate of drug-likeness (QED) is 0.570. The molecule has 0 bridgehead atoms. The number of nitriles is 1. The molecule has 0 atom stereocenters. The van der Waals surface area contributed by atoms with Crippen LogP contribution in [0.4, 0.5) is 5.69 Å². The number of benzene rings is 2. The van der Waals surface area contributed by atoms with Crippen LogP contribution in [0, 0.1) is 28.4 Å². The summed E-state index contributed by atoms with van der Waals surface area (Å²) < 4.78 is 0. The fourth-order valence-electron chi connectivity index (χ4n) is 1.84. The van der Waals surface area contributed by atoms with Crippen molar-refractivity contribution < 1.29 is 4.92 Å². The number of nitro benzene ring substituents is 1.